The van der Waals surface area contributed by atoms with E-state index in [2.05, 4.69) is 5.32 Å². The van der Waals surface area contributed by atoms with Crippen molar-refractivity contribution in [2.45, 2.75) is 46.1 Å². The van der Waals surface area contributed by atoms with Gasteiger partial charge < -0.3 is 15.3 Å². The third kappa shape index (κ3) is 4.10. The average Bonchev–Trinajstić information content (AvgIpc) is 2.96. The summed E-state index contributed by atoms with van der Waals surface area (Å²) in [6.45, 7) is 6.91. The zero-order chi connectivity index (χ0) is 17.0. The smallest absolute Gasteiger partial charge is 0.251 e. The first-order chi connectivity index (χ1) is 10.9. The number of hydrogen-bond donors (Lipinski definition) is 2. The highest BCUT2D eigenvalue weighted by atomic mass is 16.3. The Kier molecular flexibility index (Phi) is 5.77. The Morgan fingerprint density at radius 1 is 1.35 bits per heavy atom. The van der Waals surface area contributed by atoms with Crippen LogP contribution in [0.5, 0.6) is 0 Å². The van der Waals surface area contributed by atoms with Gasteiger partial charge >= 0.3 is 0 Å². The molecule has 0 bridgehead atoms. The van der Waals surface area contributed by atoms with E-state index < -0.39 is 6.10 Å². The maximum atomic E-state index is 12.2. The van der Waals surface area contributed by atoms with Crippen LogP contribution in [0.15, 0.2) is 18.2 Å². The van der Waals surface area contributed by atoms with Gasteiger partial charge in [-0.1, -0.05) is 20.8 Å². The van der Waals surface area contributed by atoms with Gasteiger partial charge in [0.1, 0.15) is 0 Å². The van der Waals surface area contributed by atoms with Crippen molar-refractivity contribution < 1.29 is 14.7 Å². The fraction of sp³-hybridized carbons (Fsp3) is 0.556. The number of amides is 2. The van der Waals surface area contributed by atoms with Crippen molar-refractivity contribution in [3.8, 4) is 0 Å². The van der Waals surface area contributed by atoms with Gasteiger partial charge in [-0.15, -0.1) is 0 Å². The van der Waals surface area contributed by atoms with Crippen molar-refractivity contribution in [1.82, 2.24) is 5.32 Å². The first kappa shape index (κ1) is 17.5. The molecule has 2 amide bonds. The third-order valence-corrected chi connectivity index (χ3v) is 4.34. The Morgan fingerprint density at radius 2 is 2.09 bits per heavy atom. The minimum atomic E-state index is -0.399. The van der Waals surface area contributed by atoms with Crippen LogP contribution >= 0.6 is 0 Å². The lowest BCUT2D eigenvalue weighted by atomic mass is 10.0. The van der Waals surface area contributed by atoms with Crippen LogP contribution in [0.25, 0.3) is 0 Å². The summed E-state index contributed by atoms with van der Waals surface area (Å²) in [7, 11) is 0. The van der Waals surface area contributed by atoms with E-state index in [0.717, 1.165) is 17.7 Å². The highest BCUT2D eigenvalue weighted by molar-refractivity contribution is 5.98. The molecule has 0 saturated heterocycles. The predicted molar refractivity (Wildman–Crippen MR) is 90.6 cm³/mol. The molecule has 1 aromatic rings. The summed E-state index contributed by atoms with van der Waals surface area (Å²) in [6.07, 6.45) is 1.42. The first-order valence-corrected chi connectivity index (χ1v) is 8.33. The largest absolute Gasteiger partial charge is 0.393 e. The number of fused-ring (bicyclic) bond motifs is 1. The minimum Gasteiger partial charge on any atom is -0.393 e. The second kappa shape index (κ2) is 7.59. The first-order valence-electron chi connectivity index (χ1n) is 8.33. The summed E-state index contributed by atoms with van der Waals surface area (Å²) in [4.78, 5) is 25.9. The monoisotopic (exact) mass is 318 g/mol. The van der Waals surface area contributed by atoms with E-state index in [0.29, 0.717) is 31.5 Å². The zero-order valence-electron chi connectivity index (χ0n) is 14.1. The number of nitrogens with one attached hydrogen (secondary N) is 1. The van der Waals surface area contributed by atoms with E-state index in [9.17, 15) is 14.7 Å². The molecule has 2 rings (SSSR count). The molecule has 0 saturated carbocycles. The van der Waals surface area contributed by atoms with Crippen molar-refractivity contribution in [2.24, 2.45) is 5.92 Å². The van der Waals surface area contributed by atoms with Gasteiger partial charge in [0, 0.05) is 30.8 Å². The molecule has 1 aliphatic heterocycles. The van der Waals surface area contributed by atoms with Gasteiger partial charge in [-0.25, -0.2) is 0 Å². The van der Waals surface area contributed by atoms with Gasteiger partial charge in [0.2, 0.25) is 5.91 Å². The quantitative estimate of drug-likeness (QED) is 0.844. The summed E-state index contributed by atoms with van der Waals surface area (Å²) >= 11 is 0. The van der Waals surface area contributed by atoms with E-state index in [1.54, 1.807) is 11.0 Å². The summed E-state index contributed by atoms with van der Waals surface area (Å²) in [5, 5.41) is 12.6. The van der Waals surface area contributed by atoms with Crippen LogP contribution in [-0.4, -0.2) is 36.1 Å². The standard InChI is InChI=1S/C18H26N2O3/c1-4-17(22)20-10-8-13-11-14(5-6-15(13)20)18(23)19-9-7-16(21)12(2)3/h5-6,11-12,16,21H,4,7-10H2,1-3H3,(H,19,23). The van der Waals surface area contributed by atoms with Crippen LogP contribution in [0.1, 0.15) is 49.5 Å². The predicted octanol–water partition coefficient (Wildman–Crippen LogP) is 2.12. The number of nitrogens with zero attached hydrogens (tertiary/aromatic N) is 1. The second-order valence-electron chi connectivity index (χ2n) is 6.35. The van der Waals surface area contributed by atoms with Gasteiger partial charge in [-0.2, -0.15) is 0 Å². The van der Waals surface area contributed by atoms with Gasteiger partial charge in [-0.05, 0) is 42.5 Å². The van der Waals surface area contributed by atoms with Crippen LogP contribution in [0.2, 0.25) is 0 Å². The molecule has 5 nitrogen and oxygen atoms in total. The van der Waals surface area contributed by atoms with Crippen molar-refractivity contribution in [2.75, 3.05) is 18.0 Å². The average molecular weight is 318 g/mol. The molecule has 0 radical (unpaired) electrons. The van der Waals surface area contributed by atoms with Crippen LogP contribution < -0.4 is 10.2 Å². The summed E-state index contributed by atoms with van der Waals surface area (Å²) in [5.74, 6) is 0.168. The number of aliphatic hydroxyl groups is 1. The number of aliphatic hydroxyl groups excluding tert-OH is 1. The van der Waals surface area contributed by atoms with Gasteiger partial charge in [0.15, 0.2) is 0 Å². The molecule has 1 unspecified atom stereocenters. The highest BCUT2D eigenvalue weighted by Crippen LogP contribution is 2.29. The number of hydrogen-bond acceptors (Lipinski definition) is 3. The van der Waals surface area contributed by atoms with E-state index >= 15 is 0 Å². The SMILES string of the molecule is CCC(=O)N1CCc2cc(C(=O)NCCC(O)C(C)C)ccc21. The number of anilines is 1. The molecule has 1 atom stereocenters. The minimum absolute atomic E-state index is 0.114. The molecular formula is C18H26N2O3. The van der Waals surface area contributed by atoms with Crippen LogP contribution in [0, 0.1) is 5.92 Å². The molecule has 1 aliphatic rings. The zero-order valence-corrected chi connectivity index (χ0v) is 14.1. The molecule has 23 heavy (non-hydrogen) atoms. The highest BCUT2D eigenvalue weighted by Gasteiger charge is 2.24. The van der Waals surface area contributed by atoms with E-state index in [1.807, 2.05) is 32.9 Å². The van der Waals surface area contributed by atoms with Crippen LogP contribution in [0.4, 0.5) is 5.69 Å². The van der Waals surface area contributed by atoms with E-state index in [-0.39, 0.29) is 17.7 Å². The van der Waals surface area contributed by atoms with Crippen molar-refractivity contribution in [3.63, 3.8) is 0 Å². The molecule has 1 aromatic carbocycles. The Labute approximate surface area is 137 Å². The maximum Gasteiger partial charge on any atom is 0.251 e. The van der Waals surface area contributed by atoms with Gasteiger partial charge in [-0.3, -0.25) is 9.59 Å². The normalized spacial score (nSPS) is 14.7. The third-order valence-electron chi connectivity index (χ3n) is 4.34. The molecule has 5 heteroatoms. The molecule has 0 fully saturated rings. The Morgan fingerprint density at radius 3 is 2.74 bits per heavy atom. The number of rotatable bonds is 6. The lowest BCUT2D eigenvalue weighted by molar-refractivity contribution is -0.118. The molecule has 0 aromatic heterocycles. The molecular weight excluding hydrogens is 292 g/mol. The Hall–Kier alpha value is -1.88. The van der Waals surface area contributed by atoms with Crippen molar-refractivity contribution in [1.29, 1.82) is 0 Å². The molecule has 0 spiro atoms. The molecule has 1 heterocycles. The second-order valence-corrected chi connectivity index (χ2v) is 6.35. The lowest BCUT2D eigenvalue weighted by Crippen LogP contribution is -2.29. The summed E-state index contributed by atoms with van der Waals surface area (Å²) in [6, 6.07) is 5.48. The number of carbonyl (C=O) groups excluding carboxylic acids is 2. The van der Waals surface area contributed by atoms with Gasteiger partial charge in [0.25, 0.3) is 5.91 Å². The molecule has 0 aliphatic carbocycles. The van der Waals surface area contributed by atoms with Gasteiger partial charge in [0.05, 0.1) is 6.10 Å². The summed E-state index contributed by atoms with van der Waals surface area (Å²) in [5.41, 5.74) is 2.57. The topological polar surface area (TPSA) is 69.6 Å². The fourth-order valence-corrected chi connectivity index (χ4v) is 2.76. The Bertz CT molecular complexity index is 584. The molecule has 2 N–H and O–H groups in total. The lowest BCUT2D eigenvalue weighted by Gasteiger charge is -2.17. The van der Waals surface area contributed by atoms with Crippen LogP contribution in [-0.2, 0) is 11.2 Å². The van der Waals surface area contributed by atoms with E-state index in [1.165, 1.54) is 0 Å². The van der Waals surface area contributed by atoms with Crippen LogP contribution in [0.3, 0.4) is 0 Å². The maximum absolute atomic E-state index is 12.2. The Balaban J connectivity index is 1.97. The molecule has 126 valence electrons. The number of benzene rings is 1. The number of carbonyl (C=O) groups is 2. The fourth-order valence-electron chi connectivity index (χ4n) is 2.76. The summed E-state index contributed by atoms with van der Waals surface area (Å²) < 4.78 is 0. The van der Waals surface area contributed by atoms with E-state index in [4.69, 9.17) is 0 Å². The van der Waals surface area contributed by atoms with Crippen molar-refractivity contribution in [3.05, 3.63) is 29.3 Å². The van der Waals surface area contributed by atoms with Crippen molar-refractivity contribution >= 4 is 17.5 Å².